The van der Waals surface area contributed by atoms with Crippen LogP contribution in [0.3, 0.4) is 0 Å². The van der Waals surface area contributed by atoms with Crippen molar-refractivity contribution in [2.24, 2.45) is 4.99 Å². The van der Waals surface area contributed by atoms with Crippen LogP contribution in [0.4, 0.5) is 10.1 Å². The van der Waals surface area contributed by atoms with Gasteiger partial charge in [0, 0.05) is 35.9 Å². The fourth-order valence-electron chi connectivity index (χ4n) is 2.84. The zero-order chi connectivity index (χ0) is 19.5. The first-order valence-electron chi connectivity index (χ1n) is 9.02. The predicted molar refractivity (Wildman–Crippen MR) is 110 cm³/mol. The van der Waals surface area contributed by atoms with Crippen LogP contribution in [0, 0.1) is 19.7 Å². The van der Waals surface area contributed by atoms with Gasteiger partial charge in [0.2, 0.25) is 0 Å². The Hall–Kier alpha value is -3.00. The van der Waals surface area contributed by atoms with Gasteiger partial charge in [-0.3, -0.25) is 4.99 Å². The third-order valence-electron chi connectivity index (χ3n) is 4.38. The van der Waals surface area contributed by atoms with E-state index < -0.39 is 0 Å². The van der Waals surface area contributed by atoms with E-state index in [4.69, 9.17) is 4.74 Å². The second-order valence-electron chi connectivity index (χ2n) is 6.56. The van der Waals surface area contributed by atoms with Crippen molar-refractivity contribution in [3.8, 4) is 22.3 Å². The Bertz CT molecular complexity index is 1020. The molecule has 0 saturated carbocycles. The van der Waals surface area contributed by atoms with E-state index in [1.54, 1.807) is 12.1 Å². The number of aryl methyl sites for hydroxylation is 2. The monoisotopic (exact) mass is 397 g/mol. The highest BCUT2D eigenvalue weighted by molar-refractivity contribution is 7.07. The van der Waals surface area contributed by atoms with Crippen molar-refractivity contribution in [2.75, 3.05) is 18.4 Å². The summed E-state index contributed by atoms with van der Waals surface area (Å²) in [6.07, 6.45) is 1.05. The van der Waals surface area contributed by atoms with Crippen LogP contribution in [0.2, 0.25) is 0 Å². The first kappa shape index (κ1) is 18.4. The van der Waals surface area contributed by atoms with E-state index in [0.717, 1.165) is 53.6 Å². The summed E-state index contributed by atoms with van der Waals surface area (Å²) >= 11 is 1.17. The Morgan fingerprint density at radius 3 is 2.71 bits per heavy atom. The number of anilines is 1. The second kappa shape index (κ2) is 7.93. The third kappa shape index (κ3) is 4.12. The first-order chi connectivity index (χ1) is 13.6. The number of aliphatic imine (C=N–C) groups is 1. The zero-order valence-corrected chi connectivity index (χ0v) is 16.4. The molecule has 0 saturated heterocycles. The molecular formula is C20H20FN5OS. The molecule has 1 aliphatic rings. The molecule has 2 N–H and O–H groups in total. The largest absolute Gasteiger partial charge is 0.430 e. The van der Waals surface area contributed by atoms with Gasteiger partial charge in [0.1, 0.15) is 11.6 Å². The zero-order valence-electron chi connectivity index (χ0n) is 15.6. The number of nitrogens with one attached hydrogen (secondary N) is 2. The molecule has 2 heterocycles. The van der Waals surface area contributed by atoms with Gasteiger partial charge < -0.3 is 15.4 Å². The highest BCUT2D eigenvalue weighted by Gasteiger charge is 2.13. The molecule has 28 heavy (non-hydrogen) atoms. The normalized spacial score (nSPS) is 13.6. The number of hydrogen-bond acceptors (Lipinski definition) is 7. The molecule has 0 aliphatic carbocycles. The van der Waals surface area contributed by atoms with Crippen molar-refractivity contribution in [1.82, 2.24) is 14.7 Å². The Morgan fingerprint density at radius 1 is 1.14 bits per heavy atom. The van der Waals surface area contributed by atoms with Crippen LogP contribution in [-0.4, -0.2) is 28.4 Å². The van der Waals surface area contributed by atoms with E-state index in [1.165, 1.54) is 23.7 Å². The molecule has 0 bridgehead atoms. The summed E-state index contributed by atoms with van der Waals surface area (Å²) in [5.74, 6) is 1.76. The van der Waals surface area contributed by atoms with Crippen LogP contribution in [0.15, 0.2) is 41.4 Å². The van der Waals surface area contributed by atoms with E-state index in [1.807, 2.05) is 26.0 Å². The highest BCUT2D eigenvalue weighted by atomic mass is 32.1. The summed E-state index contributed by atoms with van der Waals surface area (Å²) in [4.78, 5) is 8.86. The standard InChI is InChI=1S/C20H20FN5OS/c1-12-11-17(13(2)10-16(12)24-19-22-8-3-9-23-19)27-20-25-18(26-28-20)14-4-6-15(21)7-5-14/h4-7,10-11H,3,8-9H2,1-2H3,(H2,22,23,24). The minimum Gasteiger partial charge on any atom is -0.430 e. The van der Waals surface area contributed by atoms with Gasteiger partial charge in [-0.2, -0.15) is 9.36 Å². The molecule has 0 spiro atoms. The smallest absolute Gasteiger partial charge is 0.299 e. The van der Waals surface area contributed by atoms with Crippen LogP contribution >= 0.6 is 11.5 Å². The minimum absolute atomic E-state index is 0.287. The molecule has 0 fully saturated rings. The van der Waals surface area contributed by atoms with Crippen LogP contribution in [0.25, 0.3) is 11.4 Å². The number of hydrogen-bond donors (Lipinski definition) is 2. The number of halogens is 1. The second-order valence-corrected chi connectivity index (χ2v) is 7.28. The van der Waals surface area contributed by atoms with Gasteiger partial charge in [0.15, 0.2) is 11.8 Å². The molecule has 8 heteroatoms. The van der Waals surface area contributed by atoms with Gasteiger partial charge in [-0.05, 0) is 67.8 Å². The molecule has 0 amide bonds. The van der Waals surface area contributed by atoms with Crippen molar-refractivity contribution < 1.29 is 9.13 Å². The summed E-state index contributed by atoms with van der Waals surface area (Å²) in [6.45, 7) is 5.76. The van der Waals surface area contributed by atoms with Crippen molar-refractivity contribution in [3.63, 3.8) is 0 Å². The topological polar surface area (TPSA) is 71.4 Å². The molecule has 2 aromatic carbocycles. The third-order valence-corrected chi connectivity index (χ3v) is 4.97. The maximum Gasteiger partial charge on any atom is 0.299 e. The summed E-state index contributed by atoms with van der Waals surface area (Å²) < 4.78 is 23.3. The lowest BCUT2D eigenvalue weighted by Crippen LogP contribution is -2.35. The number of nitrogens with zero attached hydrogens (tertiary/aromatic N) is 3. The maximum atomic E-state index is 13.1. The van der Waals surface area contributed by atoms with E-state index in [9.17, 15) is 4.39 Å². The lowest BCUT2D eigenvalue weighted by molar-refractivity contribution is 0.475. The van der Waals surface area contributed by atoms with Crippen LogP contribution in [0.5, 0.6) is 10.9 Å². The van der Waals surface area contributed by atoms with E-state index >= 15 is 0 Å². The first-order valence-corrected chi connectivity index (χ1v) is 9.80. The van der Waals surface area contributed by atoms with Gasteiger partial charge in [-0.15, -0.1) is 0 Å². The Kier molecular flexibility index (Phi) is 5.21. The number of ether oxygens (including phenoxy) is 1. The molecule has 6 nitrogen and oxygen atoms in total. The summed E-state index contributed by atoms with van der Waals surface area (Å²) in [5, 5.41) is 7.04. The predicted octanol–water partition coefficient (Wildman–Crippen LogP) is 4.51. The number of benzene rings is 2. The van der Waals surface area contributed by atoms with E-state index in [-0.39, 0.29) is 5.82 Å². The van der Waals surface area contributed by atoms with Gasteiger partial charge in [-0.1, -0.05) is 0 Å². The summed E-state index contributed by atoms with van der Waals surface area (Å²) in [6, 6.07) is 10.1. The molecule has 144 valence electrons. The lowest BCUT2D eigenvalue weighted by Gasteiger charge is -2.18. The van der Waals surface area contributed by atoms with Crippen LogP contribution in [0.1, 0.15) is 17.5 Å². The molecule has 0 atom stereocenters. The minimum atomic E-state index is -0.287. The fourth-order valence-corrected chi connectivity index (χ4v) is 3.40. The fraction of sp³-hybridized carbons (Fsp3) is 0.250. The maximum absolute atomic E-state index is 13.1. The van der Waals surface area contributed by atoms with E-state index in [0.29, 0.717) is 11.0 Å². The molecule has 1 aliphatic heterocycles. The molecule has 0 unspecified atom stereocenters. The van der Waals surface area contributed by atoms with Gasteiger partial charge >= 0.3 is 0 Å². The molecular weight excluding hydrogens is 377 g/mol. The Morgan fingerprint density at radius 2 is 1.96 bits per heavy atom. The van der Waals surface area contributed by atoms with Gasteiger partial charge in [0.25, 0.3) is 5.19 Å². The molecule has 0 radical (unpaired) electrons. The van der Waals surface area contributed by atoms with Crippen molar-refractivity contribution in [3.05, 3.63) is 53.3 Å². The van der Waals surface area contributed by atoms with Crippen molar-refractivity contribution in [2.45, 2.75) is 20.3 Å². The Balaban J connectivity index is 1.51. The van der Waals surface area contributed by atoms with E-state index in [2.05, 4.69) is 25.0 Å². The number of guanidine groups is 1. The lowest BCUT2D eigenvalue weighted by atomic mass is 10.1. The SMILES string of the molecule is Cc1cc(Oc2nc(-c3ccc(F)cc3)ns2)c(C)cc1NC1=NCCCN1. The summed E-state index contributed by atoms with van der Waals surface area (Å²) in [7, 11) is 0. The van der Waals surface area contributed by atoms with Crippen molar-refractivity contribution >= 4 is 23.2 Å². The molecule has 3 aromatic rings. The number of aromatic nitrogens is 2. The van der Waals surface area contributed by atoms with Gasteiger partial charge in [-0.25, -0.2) is 4.39 Å². The average Bonchev–Trinajstić information content (AvgIpc) is 3.16. The Labute approximate surface area is 166 Å². The quantitative estimate of drug-likeness (QED) is 0.678. The summed E-state index contributed by atoms with van der Waals surface area (Å²) in [5.41, 5.74) is 3.75. The van der Waals surface area contributed by atoms with Crippen LogP contribution in [-0.2, 0) is 0 Å². The average molecular weight is 397 g/mol. The molecule has 4 rings (SSSR count). The van der Waals surface area contributed by atoms with Gasteiger partial charge in [0.05, 0.1) is 0 Å². The van der Waals surface area contributed by atoms with Crippen LogP contribution < -0.4 is 15.4 Å². The molecule has 1 aromatic heterocycles. The van der Waals surface area contributed by atoms with Crippen molar-refractivity contribution in [1.29, 1.82) is 0 Å². The number of rotatable bonds is 4. The highest BCUT2D eigenvalue weighted by Crippen LogP contribution is 2.32.